The van der Waals surface area contributed by atoms with Crippen molar-refractivity contribution in [1.29, 1.82) is 0 Å². The van der Waals surface area contributed by atoms with Gasteiger partial charge in [-0.15, -0.1) is 0 Å². The van der Waals surface area contributed by atoms with Gasteiger partial charge in [-0.3, -0.25) is 0 Å². The summed E-state index contributed by atoms with van der Waals surface area (Å²) in [6.07, 6.45) is 0. The Balaban J connectivity index is 2.58. The first-order chi connectivity index (χ1) is 6.72. The molecule has 14 heavy (non-hydrogen) atoms. The molecule has 0 bridgehead atoms. The van der Waals surface area contributed by atoms with Crippen LogP contribution >= 0.6 is 0 Å². The number of halogens is 1. The Kier molecular flexibility index (Phi) is 2.15. The van der Waals surface area contributed by atoms with E-state index in [0.717, 1.165) is 5.52 Å². The van der Waals surface area contributed by atoms with Crippen LogP contribution in [0, 0.1) is 12.7 Å². The Morgan fingerprint density at radius 2 is 2.21 bits per heavy atom. The molecule has 74 valence electrons. The lowest BCUT2D eigenvalue weighted by atomic mass is 10.2. The zero-order valence-electron chi connectivity index (χ0n) is 8.23. The third-order valence-corrected chi connectivity index (χ3v) is 2.19. The Morgan fingerprint density at radius 3 is 2.93 bits per heavy atom. The number of rotatable bonds is 2. The second-order valence-corrected chi connectivity index (χ2v) is 3.20. The summed E-state index contributed by atoms with van der Waals surface area (Å²) in [6.45, 7) is 4.22. The van der Waals surface area contributed by atoms with E-state index in [-0.39, 0.29) is 5.82 Å². The number of aromatic nitrogens is 1. The fourth-order valence-electron chi connectivity index (χ4n) is 1.53. The topological polar surface area (TPSA) is 25.0 Å². The van der Waals surface area contributed by atoms with Crippen molar-refractivity contribution in [1.82, 2.24) is 4.98 Å². The Labute approximate surface area is 81.7 Å². The van der Waals surface area contributed by atoms with E-state index in [1.54, 1.807) is 13.0 Å². The maximum absolute atomic E-state index is 13.5. The maximum atomic E-state index is 13.5. The minimum Gasteiger partial charge on any atom is -0.494 e. The lowest BCUT2D eigenvalue weighted by Crippen LogP contribution is -1.90. The van der Waals surface area contributed by atoms with Gasteiger partial charge in [0.25, 0.3) is 0 Å². The first-order valence-electron chi connectivity index (χ1n) is 4.63. The molecule has 0 radical (unpaired) electrons. The van der Waals surface area contributed by atoms with Gasteiger partial charge in [0.15, 0.2) is 5.82 Å². The highest BCUT2D eigenvalue weighted by molar-refractivity contribution is 5.82. The summed E-state index contributed by atoms with van der Waals surface area (Å²) in [4.78, 5) is 2.97. The Morgan fingerprint density at radius 1 is 1.43 bits per heavy atom. The van der Waals surface area contributed by atoms with Gasteiger partial charge in [0.2, 0.25) is 0 Å². The van der Waals surface area contributed by atoms with Crippen LogP contribution in [0.15, 0.2) is 18.2 Å². The molecule has 3 heteroatoms. The van der Waals surface area contributed by atoms with Crippen molar-refractivity contribution in [2.45, 2.75) is 13.8 Å². The van der Waals surface area contributed by atoms with Gasteiger partial charge in [-0.05, 0) is 32.0 Å². The lowest BCUT2D eigenvalue weighted by molar-refractivity contribution is 0.340. The SMILES string of the molecule is CCOc1ccc2[nH]c(C)c(F)c2c1. The van der Waals surface area contributed by atoms with Crippen LogP contribution in [0.1, 0.15) is 12.6 Å². The standard InChI is InChI=1S/C11H12FNO/c1-3-14-8-4-5-10-9(6-8)11(12)7(2)13-10/h4-6,13H,3H2,1-2H3. The van der Waals surface area contributed by atoms with Crippen molar-refractivity contribution in [2.24, 2.45) is 0 Å². The van der Waals surface area contributed by atoms with Crippen molar-refractivity contribution in [3.05, 3.63) is 29.7 Å². The third kappa shape index (κ3) is 1.35. The third-order valence-electron chi connectivity index (χ3n) is 2.19. The molecule has 2 nitrogen and oxygen atoms in total. The molecule has 0 amide bonds. The smallest absolute Gasteiger partial charge is 0.151 e. The first-order valence-corrected chi connectivity index (χ1v) is 4.63. The van der Waals surface area contributed by atoms with Crippen molar-refractivity contribution in [2.75, 3.05) is 6.61 Å². The maximum Gasteiger partial charge on any atom is 0.151 e. The van der Waals surface area contributed by atoms with Crippen LogP contribution in [0.4, 0.5) is 4.39 Å². The minimum atomic E-state index is -0.193. The predicted molar refractivity (Wildman–Crippen MR) is 54.2 cm³/mol. The number of hydrogen-bond donors (Lipinski definition) is 1. The fraction of sp³-hybridized carbons (Fsp3) is 0.273. The van der Waals surface area contributed by atoms with Gasteiger partial charge >= 0.3 is 0 Å². The summed E-state index contributed by atoms with van der Waals surface area (Å²) in [6, 6.07) is 5.38. The van der Waals surface area contributed by atoms with Crippen LogP contribution in [0.3, 0.4) is 0 Å². The van der Waals surface area contributed by atoms with E-state index < -0.39 is 0 Å². The van der Waals surface area contributed by atoms with E-state index in [4.69, 9.17) is 4.74 Å². The molecular formula is C11H12FNO. The Bertz CT molecular complexity index is 462. The van der Waals surface area contributed by atoms with Crippen LogP contribution in [-0.4, -0.2) is 11.6 Å². The van der Waals surface area contributed by atoms with Crippen molar-refractivity contribution in [3.63, 3.8) is 0 Å². The number of aryl methyl sites for hydroxylation is 1. The molecule has 1 aromatic carbocycles. The van der Waals surface area contributed by atoms with E-state index in [2.05, 4.69) is 4.98 Å². The van der Waals surface area contributed by atoms with Gasteiger partial charge < -0.3 is 9.72 Å². The zero-order chi connectivity index (χ0) is 10.1. The zero-order valence-corrected chi connectivity index (χ0v) is 8.23. The Hall–Kier alpha value is -1.51. The van der Waals surface area contributed by atoms with Crippen LogP contribution in [-0.2, 0) is 0 Å². The second-order valence-electron chi connectivity index (χ2n) is 3.20. The van der Waals surface area contributed by atoms with Gasteiger partial charge in [0.05, 0.1) is 6.61 Å². The molecule has 2 aromatic rings. The average Bonchev–Trinajstić information content (AvgIpc) is 2.45. The fourth-order valence-corrected chi connectivity index (χ4v) is 1.53. The number of aromatic amines is 1. The summed E-state index contributed by atoms with van der Waals surface area (Å²) in [5.74, 6) is 0.513. The molecule has 0 aliphatic heterocycles. The van der Waals surface area contributed by atoms with Crippen LogP contribution in [0.5, 0.6) is 5.75 Å². The van der Waals surface area contributed by atoms with Crippen LogP contribution < -0.4 is 4.74 Å². The number of benzene rings is 1. The molecular weight excluding hydrogens is 181 g/mol. The molecule has 2 rings (SSSR count). The summed E-state index contributed by atoms with van der Waals surface area (Å²) < 4.78 is 18.8. The number of nitrogens with one attached hydrogen (secondary N) is 1. The molecule has 0 aliphatic carbocycles. The number of hydrogen-bond acceptors (Lipinski definition) is 1. The lowest BCUT2D eigenvalue weighted by Gasteiger charge is -2.01. The second kappa shape index (κ2) is 3.33. The van der Waals surface area contributed by atoms with Gasteiger partial charge in [-0.2, -0.15) is 0 Å². The number of H-pyrrole nitrogens is 1. The molecule has 0 saturated carbocycles. The van der Waals surface area contributed by atoms with Gasteiger partial charge in [0, 0.05) is 16.6 Å². The minimum absolute atomic E-state index is 0.193. The van der Waals surface area contributed by atoms with Crippen molar-refractivity contribution >= 4 is 10.9 Å². The van der Waals surface area contributed by atoms with Gasteiger partial charge in [-0.25, -0.2) is 4.39 Å². The largest absolute Gasteiger partial charge is 0.494 e. The number of fused-ring (bicyclic) bond motifs is 1. The number of ether oxygens (including phenoxy) is 1. The van der Waals surface area contributed by atoms with E-state index in [0.29, 0.717) is 23.4 Å². The predicted octanol–water partition coefficient (Wildman–Crippen LogP) is 3.01. The van der Waals surface area contributed by atoms with Crippen molar-refractivity contribution in [3.8, 4) is 5.75 Å². The average molecular weight is 193 g/mol. The first kappa shape index (κ1) is 9.06. The molecule has 0 aliphatic rings. The highest BCUT2D eigenvalue weighted by Gasteiger charge is 2.07. The molecule has 1 heterocycles. The van der Waals surface area contributed by atoms with Crippen LogP contribution in [0.25, 0.3) is 10.9 Å². The molecule has 0 unspecified atom stereocenters. The van der Waals surface area contributed by atoms with Crippen LogP contribution in [0.2, 0.25) is 0 Å². The highest BCUT2D eigenvalue weighted by atomic mass is 19.1. The van der Waals surface area contributed by atoms with E-state index in [9.17, 15) is 4.39 Å². The van der Waals surface area contributed by atoms with Gasteiger partial charge in [-0.1, -0.05) is 0 Å². The molecule has 0 spiro atoms. The van der Waals surface area contributed by atoms with Crippen molar-refractivity contribution < 1.29 is 9.13 Å². The normalized spacial score (nSPS) is 10.8. The quantitative estimate of drug-likeness (QED) is 0.779. The monoisotopic (exact) mass is 193 g/mol. The summed E-state index contributed by atoms with van der Waals surface area (Å²) in [7, 11) is 0. The summed E-state index contributed by atoms with van der Waals surface area (Å²) in [5, 5.41) is 0.591. The summed E-state index contributed by atoms with van der Waals surface area (Å²) >= 11 is 0. The molecule has 0 saturated heterocycles. The highest BCUT2D eigenvalue weighted by Crippen LogP contribution is 2.24. The molecule has 0 fully saturated rings. The molecule has 1 aromatic heterocycles. The van der Waals surface area contributed by atoms with E-state index in [1.807, 2.05) is 19.1 Å². The molecule has 0 atom stereocenters. The summed E-state index contributed by atoms with van der Waals surface area (Å²) in [5.41, 5.74) is 1.37. The van der Waals surface area contributed by atoms with E-state index >= 15 is 0 Å². The molecule has 1 N–H and O–H groups in total. The van der Waals surface area contributed by atoms with E-state index in [1.165, 1.54) is 0 Å². The van der Waals surface area contributed by atoms with Gasteiger partial charge in [0.1, 0.15) is 5.75 Å².